The fourth-order valence-corrected chi connectivity index (χ4v) is 4.11. The zero-order valence-corrected chi connectivity index (χ0v) is 14.7. The van der Waals surface area contributed by atoms with E-state index in [2.05, 4.69) is 0 Å². The van der Waals surface area contributed by atoms with Crippen molar-refractivity contribution in [2.75, 3.05) is 13.6 Å². The van der Waals surface area contributed by atoms with E-state index in [0.29, 0.717) is 23.0 Å². The fourth-order valence-electron chi connectivity index (χ4n) is 1.63. The van der Waals surface area contributed by atoms with Gasteiger partial charge >= 0.3 is 0 Å². The van der Waals surface area contributed by atoms with Gasteiger partial charge in [0, 0.05) is 24.2 Å². The second kappa shape index (κ2) is 7.32. The number of hydrogen-bond acceptors (Lipinski definition) is 2. The van der Waals surface area contributed by atoms with Crippen LogP contribution in [0.25, 0.3) is 0 Å². The molecule has 1 aromatic rings. The molecule has 0 aliphatic heterocycles. The number of rotatable bonds is 6. The van der Waals surface area contributed by atoms with Crippen molar-refractivity contribution >= 4 is 44.8 Å². The summed E-state index contributed by atoms with van der Waals surface area (Å²) in [5.41, 5.74) is 0.438. The Bertz CT molecular complexity index is 573. The van der Waals surface area contributed by atoms with Gasteiger partial charge in [0.15, 0.2) is 0 Å². The van der Waals surface area contributed by atoms with E-state index in [-0.39, 0.29) is 15.8 Å². The molecule has 1 rings (SSSR count). The maximum absolute atomic E-state index is 12.5. The molecule has 0 spiro atoms. The summed E-state index contributed by atoms with van der Waals surface area (Å²) in [7, 11) is -2.09. The number of nitrogens with zero attached hydrogens (tertiary/aromatic N) is 1. The summed E-state index contributed by atoms with van der Waals surface area (Å²) in [6.45, 7) is 4.53. The van der Waals surface area contributed by atoms with Crippen LogP contribution in [-0.2, 0) is 15.9 Å². The molecule has 114 valence electrons. The van der Waals surface area contributed by atoms with Gasteiger partial charge in [-0.25, -0.2) is 12.7 Å². The zero-order chi connectivity index (χ0) is 15.5. The van der Waals surface area contributed by atoms with Crippen molar-refractivity contribution in [2.24, 2.45) is 5.92 Å². The minimum absolute atomic E-state index is 0.0467. The molecule has 0 heterocycles. The molecule has 0 saturated heterocycles. The largest absolute Gasteiger partial charge is 0.244 e. The summed E-state index contributed by atoms with van der Waals surface area (Å²) in [5.74, 6) is 0.489. The highest BCUT2D eigenvalue weighted by molar-refractivity contribution is 7.89. The highest BCUT2D eigenvalue weighted by Crippen LogP contribution is 2.33. The first-order valence-electron chi connectivity index (χ1n) is 6.21. The molecule has 0 aliphatic rings. The molecule has 7 heteroatoms. The van der Waals surface area contributed by atoms with Crippen LogP contribution in [-0.4, -0.2) is 26.3 Å². The number of halogens is 3. The normalized spacial score (nSPS) is 12.4. The topological polar surface area (TPSA) is 37.4 Å². The average molecular weight is 359 g/mol. The lowest BCUT2D eigenvalue weighted by atomic mass is 10.1. The molecule has 20 heavy (non-hydrogen) atoms. The summed E-state index contributed by atoms with van der Waals surface area (Å²) in [6, 6.07) is 2.93. The SMILES string of the molecule is CC(C)CCN(C)S(=O)(=O)c1ccc(Cl)c(CCl)c1Cl. The van der Waals surface area contributed by atoms with Crippen molar-refractivity contribution in [3.8, 4) is 0 Å². The highest BCUT2D eigenvalue weighted by atomic mass is 35.5. The average Bonchev–Trinajstić information content (AvgIpc) is 2.35. The number of alkyl halides is 1. The van der Waals surface area contributed by atoms with Crippen molar-refractivity contribution in [3.05, 3.63) is 27.7 Å². The van der Waals surface area contributed by atoms with Crippen molar-refractivity contribution in [1.82, 2.24) is 4.31 Å². The molecular weight excluding hydrogens is 341 g/mol. The Morgan fingerprint density at radius 2 is 1.85 bits per heavy atom. The Hall–Kier alpha value is -0.000000000000000167. The van der Waals surface area contributed by atoms with Gasteiger partial charge in [0.2, 0.25) is 10.0 Å². The van der Waals surface area contributed by atoms with E-state index in [1.807, 2.05) is 13.8 Å². The van der Waals surface area contributed by atoms with Gasteiger partial charge in [-0.15, -0.1) is 11.6 Å². The molecule has 0 fully saturated rings. The van der Waals surface area contributed by atoms with Gasteiger partial charge in [0.25, 0.3) is 0 Å². The molecule has 0 radical (unpaired) electrons. The second-order valence-electron chi connectivity index (χ2n) is 4.98. The summed E-state index contributed by atoms with van der Waals surface area (Å²) in [4.78, 5) is 0.0467. The first kappa shape index (κ1) is 18.1. The Kier molecular flexibility index (Phi) is 6.61. The quantitative estimate of drug-likeness (QED) is 0.707. The van der Waals surface area contributed by atoms with Crippen LogP contribution in [0.4, 0.5) is 0 Å². The maximum atomic E-state index is 12.5. The van der Waals surface area contributed by atoms with Crippen LogP contribution in [0.1, 0.15) is 25.8 Å². The van der Waals surface area contributed by atoms with Crippen LogP contribution in [0.3, 0.4) is 0 Å². The van der Waals surface area contributed by atoms with Gasteiger partial charge < -0.3 is 0 Å². The number of hydrogen-bond donors (Lipinski definition) is 0. The van der Waals surface area contributed by atoms with Gasteiger partial charge in [0.05, 0.1) is 10.9 Å². The Labute approximate surface area is 135 Å². The molecule has 0 aromatic heterocycles. The lowest BCUT2D eigenvalue weighted by Crippen LogP contribution is -2.29. The van der Waals surface area contributed by atoms with Gasteiger partial charge in [-0.1, -0.05) is 37.0 Å². The van der Waals surface area contributed by atoms with E-state index in [4.69, 9.17) is 34.8 Å². The third kappa shape index (κ3) is 4.01. The standard InChI is InChI=1S/C13H18Cl3NO2S/c1-9(2)6-7-17(3)20(18,19)12-5-4-11(15)10(8-14)13(12)16/h4-5,9H,6-8H2,1-3H3. The lowest BCUT2D eigenvalue weighted by molar-refractivity contribution is 0.428. The monoisotopic (exact) mass is 357 g/mol. The first-order chi connectivity index (χ1) is 9.21. The van der Waals surface area contributed by atoms with Crippen LogP contribution in [0, 0.1) is 5.92 Å². The fraction of sp³-hybridized carbons (Fsp3) is 0.538. The summed E-state index contributed by atoms with van der Waals surface area (Å²) < 4.78 is 26.3. The van der Waals surface area contributed by atoms with Gasteiger partial charge in [0.1, 0.15) is 4.90 Å². The summed E-state index contributed by atoms with van der Waals surface area (Å²) in [6.07, 6.45) is 0.781. The van der Waals surface area contributed by atoms with Crippen LogP contribution in [0.2, 0.25) is 10.0 Å². The Balaban J connectivity index is 3.16. The Morgan fingerprint density at radius 3 is 2.35 bits per heavy atom. The van der Waals surface area contributed by atoms with E-state index in [1.165, 1.54) is 16.4 Å². The van der Waals surface area contributed by atoms with Crippen LogP contribution in [0.15, 0.2) is 17.0 Å². The molecule has 0 N–H and O–H groups in total. The van der Waals surface area contributed by atoms with Crippen LogP contribution < -0.4 is 0 Å². The first-order valence-corrected chi connectivity index (χ1v) is 8.94. The van der Waals surface area contributed by atoms with E-state index in [0.717, 1.165) is 6.42 Å². The number of sulfonamides is 1. The lowest BCUT2D eigenvalue weighted by Gasteiger charge is -2.20. The molecule has 0 aliphatic carbocycles. The highest BCUT2D eigenvalue weighted by Gasteiger charge is 2.25. The van der Waals surface area contributed by atoms with Crippen molar-refractivity contribution < 1.29 is 8.42 Å². The van der Waals surface area contributed by atoms with Gasteiger partial charge in [-0.2, -0.15) is 0 Å². The maximum Gasteiger partial charge on any atom is 0.244 e. The van der Waals surface area contributed by atoms with Crippen LogP contribution >= 0.6 is 34.8 Å². The predicted octanol–water partition coefficient (Wildman–Crippen LogP) is 4.40. The van der Waals surface area contributed by atoms with Crippen molar-refractivity contribution in [1.29, 1.82) is 0 Å². The third-order valence-corrected chi connectivity index (χ3v) is 6.06. The summed E-state index contributed by atoms with van der Waals surface area (Å²) >= 11 is 17.9. The molecule has 0 unspecified atom stereocenters. The minimum atomic E-state index is -3.63. The second-order valence-corrected chi connectivity index (χ2v) is 8.05. The van der Waals surface area contributed by atoms with Gasteiger partial charge in [-0.05, 0) is 24.5 Å². The molecule has 1 aromatic carbocycles. The van der Waals surface area contributed by atoms with E-state index < -0.39 is 10.0 Å². The molecule has 0 saturated carbocycles. The predicted molar refractivity (Wildman–Crippen MR) is 85.3 cm³/mol. The van der Waals surface area contributed by atoms with Crippen molar-refractivity contribution in [3.63, 3.8) is 0 Å². The van der Waals surface area contributed by atoms with E-state index >= 15 is 0 Å². The molecular formula is C13H18Cl3NO2S. The van der Waals surface area contributed by atoms with Gasteiger partial charge in [-0.3, -0.25) is 0 Å². The van der Waals surface area contributed by atoms with E-state index in [9.17, 15) is 8.42 Å². The van der Waals surface area contributed by atoms with Crippen LogP contribution in [0.5, 0.6) is 0 Å². The molecule has 0 amide bonds. The third-order valence-electron chi connectivity index (χ3n) is 2.99. The molecule has 0 bridgehead atoms. The molecule has 0 atom stereocenters. The van der Waals surface area contributed by atoms with E-state index in [1.54, 1.807) is 7.05 Å². The zero-order valence-electron chi connectivity index (χ0n) is 11.7. The minimum Gasteiger partial charge on any atom is -0.207 e. The Morgan fingerprint density at radius 1 is 1.25 bits per heavy atom. The van der Waals surface area contributed by atoms with Crippen molar-refractivity contribution in [2.45, 2.75) is 31.0 Å². The smallest absolute Gasteiger partial charge is 0.207 e. The molecule has 3 nitrogen and oxygen atoms in total. The number of benzene rings is 1. The summed E-state index contributed by atoms with van der Waals surface area (Å²) in [5, 5.41) is 0.470.